The second kappa shape index (κ2) is 4.65. The number of hydrogen-bond donors (Lipinski definition) is 1. The van der Waals surface area contributed by atoms with Gasteiger partial charge in [-0.3, -0.25) is 4.79 Å². The van der Waals surface area contributed by atoms with Gasteiger partial charge in [0.25, 0.3) is 0 Å². The van der Waals surface area contributed by atoms with Gasteiger partial charge in [0.1, 0.15) is 5.75 Å². The SMILES string of the molecule is CCOC(=O)C(C)c1ccc(O)cc1. The molecule has 0 aromatic heterocycles. The number of carbonyl (C=O) groups is 1. The van der Waals surface area contributed by atoms with Crippen molar-refractivity contribution in [3.8, 4) is 5.75 Å². The first kappa shape index (κ1) is 10.6. The minimum Gasteiger partial charge on any atom is -0.508 e. The molecule has 3 heteroatoms. The summed E-state index contributed by atoms with van der Waals surface area (Å²) in [6.07, 6.45) is 0. The summed E-state index contributed by atoms with van der Waals surface area (Å²) in [5.41, 5.74) is 0.848. The second-order valence-corrected chi connectivity index (χ2v) is 3.07. The Labute approximate surface area is 83.3 Å². The third-order valence-corrected chi connectivity index (χ3v) is 2.03. The lowest BCUT2D eigenvalue weighted by molar-refractivity contribution is -0.144. The fourth-order valence-electron chi connectivity index (χ4n) is 1.17. The molecule has 0 aliphatic carbocycles. The zero-order chi connectivity index (χ0) is 10.6. The van der Waals surface area contributed by atoms with Gasteiger partial charge in [-0.2, -0.15) is 0 Å². The van der Waals surface area contributed by atoms with E-state index in [-0.39, 0.29) is 17.6 Å². The van der Waals surface area contributed by atoms with Crippen LogP contribution in [0.4, 0.5) is 0 Å². The molecule has 0 saturated heterocycles. The molecule has 1 N–H and O–H groups in total. The first-order valence-electron chi connectivity index (χ1n) is 4.60. The van der Waals surface area contributed by atoms with Crippen molar-refractivity contribution >= 4 is 5.97 Å². The van der Waals surface area contributed by atoms with Crippen molar-refractivity contribution in [3.63, 3.8) is 0 Å². The maximum absolute atomic E-state index is 11.3. The highest BCUT2D eigenvalue weighted by Crippen LogP contribution is 2.19. The molecule has 0 spiro atoms. The van der Waals surface area contributed by atoms with Crippen LogP contribution in [0.5, 0.6) is 5.75 Å². The van der Waals surface area contributed by atoms with Crippen LogP contribution in [0.15, 0.2) is 24.3 Å². The highest BCUT2D eigenvalue weighted by Gasteiger charge is 2.15. The van der Waals surface area contributed by atoms with E-state index >= 15 is 0 Å². The van der Waals surface area contributed by atoms with Gasteiger partial charge in [-0.1, -0.05) is 12.1 Å². The molecule has 0 bridgehead atoms. The molecule has 0 aliphatic rings. The molecule has 14 heavy (non-hydrogen) atoms. The summed E-state index contributed by atoms with van der Waals surface area (Å²) >= 11 is 0. The molecule has 0 fully saturated rings. The van der Waals surface area contributed by atoms with Gasteiger partial charge >= 0.3 is 5.97 Å². The summed E-state index contributed by atoms with van der Waals surface area (Å²) < 4.78 is 4.89. The topological polar surface area (TPSA) is 46.5 Å². The van der Waals surface area contributed by atoms with E-state index in [2.05, 4.69) is 0 Å². The quantitative estimate of drug-likeness (QED) is 0.749. The smallest absolute Gasteiger partial charge is 0.313 e. The molecule has 0 radical (unpaired) electrons. The van der Waals surface area contributed by atoms with Crippen LogP contribution >= 0.6 is 0 Å². The molecular formula is C11H14O3. The third kappa shape index (κ3) is 2.49. The number of esters is 1. The fraction of sp³-hybridized carbons (Fsp3) is 0.364. The third-order valence-electron chi connectivity index (χ3n) is 2.03. The van der Waals surface area contributed by atoms with Crippen molar-refractivity contribution in [2.45, 2.75) is 19.8 Å². The van der Waals surface area contributed by atoms with Crippen LogP contribution < -0.4 is 0 Å². The van der Waals surface area contributed by atoms with E-state index in [0.717, 1.165) is 5.56 Å². The van der Waals surface area contributed by atoms with Crippen LogP contribution in [0.2, 0.25) is 0 Å². The van der Waals surface area contributed by atoms with E-state index in [1.54, 1.807) is 38.1 Å². The van der Waals surface area contributed by atoms with E-state index in [4.69, 9.17) is 9.84 Å². The molecule has 1 rings (SSSR count). The van der Waals surface area contributed by atoms with E-state index in [9.17, 15) is 4.79 Å². The Balaban J connectivity index is 2.73. The Kier molecular flexibility index (Phi) is 3.51. The van der Waals surface area contributed by atoms with Gasteiger partial charge < -0.3 is 9.84 Å². The molecule has 0 saturated carbocycles. The van der Waals surface area contributed by atoms with Crippen molar-refractivity contribution in [2.75, 3.05) is 6.61 Å². The predicted octanol–water partition coefficient (Wildman–Crippen LogP) is 2.06. The zero-order valence-corrected chi connectivity index (χ0v) is 8.36. The Morgan fingerprint density at radius 2 is 2.00 bits per heavy atom. The number of aromatic hydroxyl groups is 1. The van der Waals surface area contributed by atoms with Crippen LogP contribution in [-0.2, 0) is 9.53 Å². The summed E-state index contributed by atoms with van der Waals surface area (Å²) in [5.74, 6) is -0.321. The molecular weight excluding hydrogens is 180 g/mol. The van der Waals surface area contributed by atoms with E-state index < -0.39 is 0 Å². The molecule has 1 atom stereocenters. The number of carbonyl (C=O) groups excluding carboxylic acids is 1. The fourth-order valence-corrected chi connectivity index (χ4v) is 1.17. The molecule has 3 nitrogen and oxygen atoms in total. The van der Waals surface area contributed by atoms with E-state index in [1.165, 1.54) is 0 Å². The number of ether oxygens (including phenoxy) is 1. The molecule has 1 unspecified atom stereocenters. The Morgan fingerprint density at radius 3 is 2.50 bits per heavy atom. The number of phenolic OH excluding ortho intramolecular Hbond substituents is 1. The van der Waals surface area contributed by atoms with Crippen LogP contribution in [0, 0.1) is 0 Å². The van der Waals surface area contributed by atoms with Crippen LogP contribution in [-0.4, -0.2) is 17.7 Å². The molecule has 1 aromatic carbocycles. The average molecular weight is 194 g/mol. The van der Waals surface area contributed by atoms with Gasteiger partial charge in [0.15, 0.2) is 0 Å². The first-order valence-corrected chi connectivity index (χ1v) is 4.60. The zero-order valence-electron chi connectivity index (χ0n) is 8.36. The van der Waals surface area contributed by atoms with Gasteiger partial charge in [-0.25, -0.2) is 0 Å². The van der Waals surface area contributed by atoms with Gasteiger partial charge in [-0.05, 0) is 31.5 Å². The highest BCUT2D eigenvalue weighted by atomic mass is 16.5. The van der Waals surface area contributed by atoms with Gasteiger partial charge in [0.2, 0.25) is 0 Å². The standard InChI is InChI=1S/C11H14O3/c1-3-14-11(13)8(2)9-4-6-10(12)7-5-9/h4-8,12H,3H2,1-2H3. The van der Waals surface area contributed by atoms with Crippen molar-refractivity contribution < 1.29 is 14.6 Å². The first-order chi connectivity index (χ1) is 6.65. The number of rotatable bonds is 3. The molecule has 0 aliphatic heterocycles. The van der Waals surface area contributed by atoms with E-state index in [0.29, 0.717) is 6.61 Å². The summed E-state index contributed by atoms with van der Waals surface area (Å²) in [5, 5.41) is 9.06. The maximum Gasteiger partial charge on any atom is 0.313 e. The number of phenols is 1. The minimum absolute atomic E-state index is 0.199. The highest BCUT2D eigenvalue weighted by molar-refractivity contribution is 5.77. The van der Waals surface area contributed by atoms with Crippen molar-refractivity contribution in [2.24, 2.45) is 0 Å². The normalized spacial score (nSPS) is 12.1. The number of hydrogen-bond acceptors (Lipinski definition) is 3. The lowest BCUT2D eigenvalue weighted by atomic mass is 10.0. The monoisotopic (exact) mass is 194 g/mol. The molecule has 1 aromatic rings. The van der Waals surface area contributed by atoms with Crippen LogP contribution in [0.1, 0.15) is 25.3 Å². The summed E-state index contributed by atoms with van der Waals surface area (Å²) in [6.45, 7) is 3.95. The molecule has 76 valence electrons. The van der Waals surface area contributed by atoms with Gasteiger partial charge in [-0.15, -0.1) is 0 Å². The van der Waals surface area contributed by atoms with Crippen molar-refractivity contribution in [1.82, 2.24) is 0 Å². The Hall–Kier alpha value is -1.51. The van der Waals surface area contributed by atoms with Crippen LogP contribution in [0.25, 0.3) is 0 Å². The predicted molar refractivity (Wildman–Crippen MR) is 53.2 cm³/mol. The summed E-state index contributed by atoms with van der Waals surface area (Å²) in [4.78, 5) is 11.3. The summed E-state index contributed by atoms with van der Waals surface area (Å²) in [7, 11) is 0. The maximum atomic E-state index is 11.3. The molecule has 0 heterocycles. The van der Waals surface area contributed by atoms with Crippen LogP contribution in [0.3, 0.4) is 0 Å². The Bertz CT molecular complexity index is 303. The van der Waals surface area contributed by atoms with Crippen molar-refractivity contribution in [1.29, 1.82) is 0 Å². The number of benzene rings is 1. The lowest BCUT2D eigenvalue weighted by Crippen LogP contribution is -2.12. The molecule has 0 amide bonds. The van der Waals surface area contributed by atoms with Gasteiger partial charge in [0.05, 0.1) is 12.5 Å². The Morgan fingerprint density at radius 1 is 1.43 bits per heavy atom. The minimum atomic E-state index is -0.282. The van der Waals surface area contributed by atoms with Crippen molar-refractivity contribution in [3.05, 3.63) is 29.8 Å². The summed E-state index contributed by atoms with van der Waals surface area (Å²) in [6, 6.07) is 6.56. The lowest BCUT2D eigenvalue weighted by Gasteiger charge is -2.10. The second-order valence-electron chi connectivity index (χ2n) is 3.07. The van der Waals surface area contributed by atoms with Gasteiger partial charge in [0, 0.05) is 0 Å². The average Bonchev–Trinajstić information content (AvgIpc) is 2.18. The largest absolute Gasteiger partial charge is 0.508 e. The van der Waals surface area contributed by atoms with E-state index in [1.807, 2.05) is 0 Å².